The predicted molar refractivity (Wildman–Crippen MR) is 93.5 cm³/mol. The Bertz CT molecular complexity index is 678. The van der Waals surface area contributed by atoms with Gasteiger partial charge in [0, 0.05) is 25.8 Å². The highest BCUT2D eigenvalue weighted by Crippen LogP contribution is 2.19. The van der Waals surface area contributed by atoms with Crippen molar-refractivity contribution in [3.63, 3.8) is 0 Å². The van der Waals surface area contributed by atoms with Crippen LogP contribution in [0.5, 0.6) is 11.5 Å². The van der Waals surface area contributed by atoms with E-state index in [1.54, 1.807) is 12.1 Å². The molecule has 2 rings (SSSR count). The van der Waals surface area contributed by atoms with Crippen molar-refractivity contribution in [1.82, 2.24) is 0 Å². The van der Waals surface area contributed by atoms with E-state index in [4.69, 9.17) is 14.7 Å². The zero-order valence-corrected chi connectivity index (χ0v) is 14.0. The third-order valence-electron chi connectivity index (χ3n) is 3.43. The van der Waals surface area contributed by atoms with Crippen LogP contribution >= 0.6 is 0 Å². The van der Waals surface area contributed by atoms with Crippen LogP contribution in [-0.4, -0.2) is 38.5 Å². The van der Waals surface area contributed by atoms with Crippen LogP contribution in [0.15, 0.2) is 48.5 Å². The minimum absolute atomic E-state index is 0.144. The maximum absolute atomic E-state index is 9.99. The molecular formula is C19H22N2O3. The van der Waals surface area contributed by atoms with Crippen LogP contribution in [0.3, 0.4) is 0 Å². The average Bonchev–Trinajstić information content (AvgIpc) is 2.60. The third kappa shape index (κ3) is 5.49. The molecule has 0 aliphatic carbocycles. The number of hydrogen-bond acceptors (Lipinski definition) is 5. The Morgan fingerprint density at radius 1 is 1.04 bits per heavy atom. The molecule has 0 radical (unpaired) electrons. The zero-order valence-electron chi connectivity index (χ0n) is 14.0. The minimum atomic E-state index is -0.730. The lowest BCUT2D eigenvalue weighted by Gasteiger charge is -2.16. The van der Waals surface area contributed by atoms with Gasteiger partial charge >= 0.3 is 0 Å². The largest absolute Gasteiger partial charge is 0.491 e. The van der Waals surface area contributed by atoms with Gasteiger partial charge in [0.25, 0.3) is 0 Å². The molecule has 0 fully saturated rings. The second kappa shape index (κ2) is 8.80. The molecule has 0 heterocycles. The van der Waals surface area contributed by atoms with Gasteiger partial charge in [0.05, 0.1) is 12.5 Å². The molecule has 126 valence electrons. The van der Waals surface area contributed by atoms with Crippen LogP contribution in [0.2, 0.25) is 0 Å². The van der Waals surface area contributed by atoms with E-state index >= 15 is 0 Å². The first-order valence-corrected chi connectivity index (χ1v) is 7.75. The van der Waals surface area contributed by atoms with Gasteiger partial charge in [0.1, 0.15) is 30.8 Å². The summed E-state index contributed by atoms with van der Waals surface area (Å²) in [7, 11) is 3.92. The van der Waals surface area contributed by atoms with Crippen LogP contribution in [0.1, 0.15) is 5.56 Å². The molecule has 2 aromatic carbocycles. The molecule has 0 saturated heterocycles. The Labute approximate surface area is 142 Å². The third-order valence-corrected chi connectivity index (χ3v) is 3.43. The standard InChI is InChI=1S/C19H22N2O3/c1-21(2)16-4-3-5-19(12-16)24-14-17(22)13-23-18-8-6-15(7-9-18)10-11-20/h3-9,12,17,22H,10,13-14H2,1-2H3. The topological polar surface area (TPSA) is 65.7 Å². The lowest BCUT2D eigenvalue weighted by molar-refractivity contribution is 0.0626. The number of nitriles is 1. The molecule has 24 heavy (non-hydrogen) atoms. The Morgan fingerprint density at radius 2 is 1.71 bits per heavy atom. The molecule has 5 heteroatoms. The van der Waals surface area contributed by atoms with Crippen LogP contribution in [-0.2, 0) is 6.42 Å². The van der Waals surface area contributed by atoms with Gasteiger partial charge in [-0.25, -0.2) is 0 Å². The lowest BCUT2D eigenvalue weighted by Crippen LogP contribution is -2.25. The maximum atomic E-state index is 9.99. The summed E-state index contributed by atoms with van der Waals surface area (Å²) in [5, 5.41) is 18.6. The van der Waals surface area contributed by atoms with Crippen molar-refractivity contribution in [2.24, 2.45) is 0 Å². The summed E-state index contributed by atoms with van der Waals surface area (Å²) in [6.07, 6.45) is -0.352. The molecule has 2 aromatic rings. The van der Waals surface area contributed by atoms with Crippen molar-refractivity contribution >= 4 is 5.69 Å². The summed E-state index contributed by atoms with van der Waals surface area (Å²) in [4.78, 5) is 1.99. The van der Waals surface area contributed by atoms with E-state index < -0.39 is 6.10 Å². The molecule has 0 bridgehead atoms. The van der Waals surface area contributed by atoms with Gasteiger partial charge in [-0.2, -0.15) is 5.26 Å². The number of rotatable bonds is 8. The number of nitrogens with zero attached hydrogens (tertiary/aromatic N) is 2. The van der Waals surface area contributed by atoms with E-state index in [2.05, 4.69) is 6.07 Å². The highest BCUT2D eigenvalue weighted by molar-refractivity contribution is 5.49. The van der Waals surface area contributed by atoms with Crippen molar-refractivity contribution in [1.29, 1.82) is 5.26 Å². The van der Waals surface area contributed by atoms with Crippen molar-refractivity contribution in [3.8, 4) is 17.6 Å². The second-order valence-electron chi connectivity index (χ2n) is 5.65. The van der Waals surface area contributed by atoms with Crippen LogP contribution in [0.4, 0.5) is 5.69 Å². The van der Waals surface area contributed by atoms with Crippen molar-refractivity contribution in [2.45, 2.75) is 12.5 Å². The molecular weight excluding hydrogens is 304 g/mol. The van der Waals surface area contributed by atoms with Crippen molar-refractivity contribution in [2.75, 3.05) is 32.2 Å². The Hall–Kier alpha value is -2.71. The summed E-state index contributed by atoms with van der Waals surface area (Å²) in [5.74, 6) is 1.37. The molecule has 0 spiro atoms. The fourth-order valence-corrected chi connectivity index (χ4v) is 2.08. The van der Waals surface area contributed by atoms with Gasteiger partial charge in [-0.15, -0.1) is 0 Å². The summed E-state index contributed by atoms with van der Waals surface area (Å²) in [6.45, 7) is 0.300. The fourth-order valence-electron chi connectivity index (χ4n) is 2.08. The number of anilines is 1. The van der Waals surface area contributed by atoms with Gasteiger partial charge in [0.15, 0.2) is 0 Å². The first-order valence-electron chi connectivity index (χ1n) is 7.75. The van der Waals surface area contributed by atoms with E-state index in [1.165, 1.54) is 0 Å². The Balaban J connectivity index is 1.78. The SMILES string of the molecule is CN(C)c1cccc(OCC(O)COc2ccc(CC#N)cc2)c1. The number of aliphatic hydroxyl groups excluding tert-OH is 1. The Morgan fingerprint density at radius 3 is 2.33 bits per heavy atom. The van der Waals surface area contributed by atoms with E-state index in [9.17, 15) is 5.11 Å². The van der Waals surface area contributed by atoms with E-state index in [0.29, 0.717) is 17.9 Å². The Kier molecular flexibility index (Phi) is 6.47. The monoisotopic (exact) mass is 326 g/mol. The quantitative estimate of drug-likeness (QED) is 0.808. The summed E-state index contributed by atoms with van der Waals surface area (Å²) in [5.41, 5.74) is 1.98. The number of hydrogen-bond donors (Lipinski definition) is 1. The summed E-state index contributed by atoms with van der Waals surface area (Å²) < 4.78 is 11.1. The minimum Gasteiger partial charge on any atom is -0.491 e. The van der Waals surface area contributed by atoms with Crippen LogP contribution in [0, 0.1) is 11.3 Å². The van der Waals surface area contributed by atoms with Crippen LogP contribution < -0.4 is 14.4 Å². The molecule has 1 unspecified atom stereocenters. The van der Waals surface area contributed by atoms with E-state index in [1.807, 2.05) is 55.4 Å². The molecule has 0 aliphatic heterocycles. The highest BCUT2D eigenvalue weighted by atomic mass is 16.5. The van der Waals surface area contributed by atoms with Crippen LogP contribution in [0.25, 0.3) is 0 Å². The molecule has 0 amide bonds. The van der Waals surface area contributed by atoms with E-state index in [-0.39, 0.29) is 13.2 Å². The van der Waals surface area contributed by atoms with Gasteiger partial charge in [0.2, 0.25) is 0 Å². The molecule has 1 N–H and O–H groups in total. The first-order chi connectivity index (χ1) is 11.6. The molecule has 0 aromatic heterocycles. The smallest absolute Gasteiger partial charge is 0.122 e. The lowest BCUT2D eigenvalue weighted by atomic mass is 10.2. The number of ether oxygens (including phenoxy) is 2. The van der Waals surface area contributed by atoms with Gasteiger partial charge < -0.3 is 19.5 Å². The van der Waals surface area contributed by atoms with Gasteiger partial charge in [-0.05, 0) is 29.8 Å². The second-order valence-corrected chi connectivity index (χ2v) is 5.65. The van der Waals surface area contributed by atoms with Crippen molar-refractivity contribution in [3.05, 3.63) is 54.1 Å². The number of benzene rings is 2. The normalized spacial score (nSPS) is 11.4. The van der Waals surface area contributed by atoms with Gasteiger partial charge in [-0.1, -0.05) is 18.2 Å². The first kappa shape index (κ1) is 17.6. The molecule has 0 saturated carbocycles. The van der Waals surface area contributed by atoms with Crippen molar-refractivity contribution < 1.29 is 14.6 Å². The average molecular weight is 326 g/mol. The van der Waals surface area contributed by atoms with E-state index in [0.717, 1.165) is 11.3 Å². The maximum Gasteiger partial charge on any atom is 0.122 e. The molecule has 5 nitrogen and oxygen atoms in total. The highest BCUT2D eigenvalue weighted by Gasteiger charge is 2.07. The summed E-state index contributed by atoms with van der Waals surface area (Å²) >= 11 is 0. The number of aliphatic hydroxyl groups is 1. The fraction of sp³-hybridized carbons (Fsp3) is 0.316. The zero-order chi connectivity index (χ0) is 17.4. The molecule has 1 atom stereocenters. The predicted octanol–water partition coefficient (Wildman–Crippen LogP) is 2.64. The van der Waals surface area contributed by atoms with Gasteiger partial charge in [-0.3, -0.25) is 0 Å². The summed E-state index contributed by atoms with van der Waals surface area (Å²) in [6, 6.07) is 17.0. The molecule has 0 aliphatic rings.